The Morgan fingerprint density at radius 2 is 1.67 bits per heavy atom. The lowest BCUT2D eigenvalue weighted by atomic mass is 9.87. The summed E-state index contributed by atoms with van der Waals surface area (Å²) in [5, 5.41) is 9.91. The molecule has 5 nitrogen and oxygen atoms in total. The predicted molar refractivity (Wildman–Crippen MR) is 105 cm³/mol. The number of ether oxygens (including phenoxy) is 1. The Hall–Kier alpha value is -3.04. The highest BCUT2D eigenvalue weighted by Gasteiger charge is 2.39. The second kappa shape index (κ2) is 7.68. The summed E-state index contributed by atoms with van der Waals surface area (Å²) in [7, 11) is -3.68. The van der Waals surface area contributed by atoms with Crippen molar-refractivity contribution in [3.8, 4) is 6.07 Å². The highest BCUT2D eigenvalue weighted by molar-refractivity contribution is 7.95. The number of allylic oxidation sites excluding steroid dienone is 2. The van der Waals surface area contributed by atoms with Crippen molar-refractivity contribution < 1.29 is 13.2 Å². The van der Waals surface area contributed by atoms with Crippen LogP contribution in [0, 0.1) is 11.3 Å². The smallest absolute Gasteiger partial charge is 0.206 e. The van der Waals surface area contributed by atoms with Crippen LogP contribution in [0.1, 0.15) is 30.4 Å². The summed E-state index contributed by atoms with van der Waals surface area (Å²) in [5.41, 5.74) is 7.69. The van der Waals surface area contributed by atoms with Gasteiger partial charge in [-0.15, -0.1) is 0 Å². The molecule has 0 unspecified atom stereocenters. The van der Waals surface area contributed by atoms with Gasteiger partial charge in [-0.2, -0.15) is 5.26 Å². The summed E-state index contributed by atoms with van der Waals surface area (Å²) in [4.78, 5) is -0.0354. The highest BCUT2D eigenvalue weighted by Crippen LogP contribution is 2.44. The van der Waals surface area contributed by atoms with Crippen molar-refractivity contribution >= 4 is 15.6 Å². The second-order valence-corrected chi connectivity index (χ2v) is 8.29. The highest BCUT2D eigenvalue weighted by atomic mass is 32.2. The summed E-state index contributed by atoms with van der Waals surface area (Å²) in [6.07, 6.45) is 0.442. The van der Waals surface area contributed by atoms with Crippen molar-refractivity contribution in [2.75, 3.05) is 5.75 Å². The van der Waals surface area contributed by atoms with E-state index in [1.165, 1.54) is 0 Å². The standard InChI is InChI=1S/C21H20N2O3S/c1-2-13-27(24,25)20-18(15-9-5-3-6-10-15)17(14-22)19(26-21(20)23)16-11-7-4-8-12-16/h3-12,18H,2,13,23H2,1H3/t18-/m1/s1. The molecular weight excluding hydrogens is 360 g/mol. The van der Waals surface area contributed by atoms with Gasteiger partial charge in [0.15, 0.2) is 15.6 Å². The van der Waals surface area contributed by atoms with Gasteiger partial charge in [-0.05, 0) is 12.0 Å². The zero-order valence-corrected chi connectivity index (χ0v) is 15.7. The zero-order valence-electron chi connectivity index (χ0n) is 14.9. The van der Waals surface area contributed by atoms with Crippen molar-refractivity contribution in [2.45, 2.75) is 19.3 Å². The van der Waals surface area contributed by atoms with E-state index in [2.05, 4.69) is 6.07 Å². The van der Waals surface area contributed by atoms with E-state index in [-0.39, 0.29) is 22.1 Å². The summed E-state index contributed by atoms with van der Waals surface area (Å²) in [5.74, 6) is -0.735. The number of nitriles is 1. The molecule has 0 radical (unpaired) electrons. The molecule has 0 saturated heterocycles. The number of hydrogen-bond donors (Lipinski definition) is 1. The zero-order chi connectivity index (χ0) is 19.4. The number of nitrogens with zero attached hydrogens (tertiary/aromatic N) is 1. The molecule has 27 heavy (non-hydrogen) atoms. The number of benzene rings is 2. The van der Waals surface area contributed by atoms with E-state index in [0.717, 1.165) is 0 Å². The molecule has 3 rings (SSSR count). The van der Waals surface area contributed by atoms with Crippen molar-refractivity contribution in [1.82, 2.24) is 0 Å². The molecule has 0 saturated carbocycles. The van der Waals surface area contributed by atoms with Crippen LogP contribution in [-0.2, 0) is 14.6 Å². The summed E-state index contributed by atoms with van der Waals surface area (Å²) < 4.78 is 31.6. The van der Waals surface area contributed by atoms with Gasteiger partial charge in [0.2, 0.25) is 5.88 Å². The first kappa shape index (κ1) is 18.7. The maximum atomic E-state index is 12.9. The van der Waals surface area contributed by atoms with Crippen LogP contribution in [0.2, 0.25) is 0 Å². The van der Waals surface area contributed by atoms with Gasteiger partial charge in [-0.1, -0.05) is 67.6 Å². The molecule has 0 aromatic heterocycles. The first-order chi connectivity index (χ1) is 13.0. The molecule has 0 spiro atoms. The largest absolute Gasteiger partial charge is 0.439 e. The number of sulfone groups is 1. The molecular formula is C21H20N2O3S. The third-order valence-corrected chi connectivity index (χ3v) is 6.40. The van der Waals surface area contributed by atoms with Gasteiger partial charge in [0.1, 0.15) is 4.91 Å². The van der Waals surface area contributed by atoms with E-state index in [0.29, 0.717) is 23.3 Å². The normalized spacial score (nSPS) is 17.4. The SMILES string of the molecule is CCCS(=O)(=O)C1=C(N)OC(c2ccccc2)=C(C#N)[C@H]1c1ccccc1. The van der Waals surface area contributed by atoms with Crippen LogP contribution in [0.15, 0.2) is 77.0 Å². The van der Waals surface area contributed by atoms with Gasteiger partial charge in [-0.3, -0.25) is 0 Å². The summed E-state index contributed by atoms with van der Waals surface area (Å²) >= 11 is 0. The van der Waals surface area contributed by atoms with E-state index in [4.69, 9.17) is 10.5 Å². The Kier molecular flexibility index (Phi) is 5.33. The maximum Gasteiger partial charge on any atom is 0.206 e. The molecule has 138 valence electrons. The van der Waals surface area contributed by atoms with Crippen LogP contribution >= 0.6 is 0 Å². The molecule has 0 bridgehead atoms. The Bertz CT molecular complexity index is 1030. The van der Waals surface area contributed by atoms with Gasteiger partial charge in [0.05, 0.1) is 23.3 Å². The molecule has 6 heteroatoms. The average Bonchev–Trinajstić information content (AvgIpc) is 2.68. The number of hydrogen-bond acceptors (Lipinski definition) is 5. The van der Waals surface area contributed by atoms with E-state index in [1.54, 1.807) is 31.2 Å². The van der Waals surface area contributed by atoms with Gasteiger partial charge in [0, 0.05) is 5.56 Å². The van der Waals surface area contributed by atoms with Crippen LogP contribution in [0.4, 0.5) is 0 Å². The van der Waals surface area contributed by atoms with Crippen LogP contribution in [0.5, 0.6) is 0 Å². The first-order valence-electron chi connectivity index (χ1n) is 8.64. The number of nitrogens with two attached hydrogens (primary N) is 1. The molecule has 1 aliphatic heterocycles. The minimum absolute atomic E-state index is 0.0354. The van der Waals surface area contributed by atoms with Crippen molar-refractivity contribution in [3.63, 3.8) is 0 Å². The van der Waals surface area contributed by atoms with Crippen LogP contribution in [-0.4, -0.2) is 14.2 Å². The third-order valence-electron chi connectivity index (χ3n) is 4.35. The quantitative estimate of drug-likeness (QED) is 0.854. The van der Waals surface area contributed by atoms with E-state index in [9.17, 15) is 13.7 Å². The van der Waals surface area contributed by atoms with E-state index < -0.39 is 15.8 Å². The van der Waals surface area contributed by atoms with Crippen molar-refractivity contribution in [2.24, 2.45) is 5.73 Å². The lowest BCUT2D eigenvalue weighted by Gasteiger charge is -2.28. The Morgan fingerprint density at radius 1 is 1.07 bits per heavy atom. The molecule has 0 aliphatic carbocycles. The third kappa shape index (κ3) is 3.60. The Labute approximate surface area is 159 Å². The Morgan fingerprint density at radius 3 is 2.22 bits per heavy atom. The fourth-order valence-corrected chi connectivity index (χ4v) is 4.93. The molecule has 2 aromatic carbocycles. The minimum Gasteiger partial charge on any atom is -0.439 e. The molecule has 0 fully saturated rings. The van der Waals surface area contributed by atoms with E-state index >= 15 is 0 Å². The van der Waals surface area contributed by atoms with Crippen LogP contribution in [0.3, 0.4) is 0 Å². The molecule has 2 N–H and O–H groups in total. The lowest BCUT2D eigenvalue weighted by Crippen LogP contribution is -2.26. The molecule has 2 aromatic rings. The van der Waals surface area contributed by atoms with E-state index in [1.807, 2.05) is 36.4 Å². The van der Waals surface area contributed by atoms with Gasteiger partial charge >= 0.3 is 0 Å². The number of rotatable bonds is 5. The maximum absolute atomic E-state index is 12.9. The van der Waals surface area contributed by atoms with Gasteiger partial charge in [-0.25, -0.2) is 8.42 Å². The monoisotopic (exact) mass is 380 g/mol. The van der Waals surface area contributed by atoms with Crippen molar-refractivity contribution in [1.29, 1.82) is 5.26 Å². The average molecular weight is 380 g/mol. The molecule has 1 aliphatic rings. The fraction of sp³-hybridized carbons (Fsp3) is 0.190. The second-order valence-electron chi connectivity index (χ2n) is 6.21. The predicted octanol–water partition coefficient (Wildman–Crippen LogP) is 3.69. The molecule has 0 amide bonds. The Balaban J connectivity index is 2.28. The molecule has 1 atom stereocenters. The van der Waals surface area contributed by atoms with Crippen molar-refractivity contribution in [3.05, 3.63) is 88.2 Å². The topological polar surface area (TPSA) is 93.2 Å². The van der Waals surface area contributed by atoms with Crippen LogP contribution < -0.4 is 5.73 Å². The van der Waals surface area contributed by atoms with Crippen LogP contribution in [0.25, 0.3) is 5.76 Å². The first-order valence-corrected chi connectivity index (χ1v) is 10.3. The fourth-order valence-electron chi connectivity index (χ4n) is 3.21. The molecule has 1 heterocycles. The minimum atomic E-state index is -3.68. The van der Waals surface area contributed by atoms with Gasteiger partial charge < -0.3 is 10.5 Å². The lowest BCUT2D eigenvalue weighted by molar-refractivity contribution is 0.358. The van der Waals surface area contributed by atoms with Gasteiger partial charge in [0.25, 0.3) is 0 Å². The summed E-state index contributed by atoms with van der Waals surface area (Å²) in [6.45, 7) is 1.78. The summed E-state index contributed by atoms with van der Waals surface area (Å²) in [6, 6.07) is 20.3.